The Kier molecular flexibility index (Phi) is 4.73. The summed E-state index contributed by atoms with van der Waals surface area (Å²) < 4.78 is 7.34. The van der Waals surface area contributed by atoms with E-state index in [1.165, 1.54) is 0 Å². The molecule has 8 heteroatoms. The van der Waals surface area contributed by atoms with E-state index in [4.69, 9.17) is 18.2 Å². The zero-order chi connectivity index (χ0) is 11.6. The van der Waals surface area contributed by atoms with Gasteiger partial charge in [-0.3, -0.25) is 0 Å². The Labute approximate surface area is 116 Å². The van der Waals surface area contributed by atoms with Gasteiger partial charge in [-0.1, -0.05) is 4.43 Å². The molecule has 1 aromatic carbocycles. The van der Waals surface area contributed by atoms with Gasteiger partial charge in [-0.2, -0.15) is 0 Å². The zero-order valence-electron chi connectivity index (χ0n) is 8.14. The summed E-state index contributed by atoms with van der Waals surface area (Å²) in [6, 6.07) is 0. The third-order valence-corrected chi connectivity index (χ3v) is 3.73. The van der Waals surface area contributed by atoms with Crippen LogP contribution >= 0.6 is 0 Å². The van der Waals surface area contributed by atoms with Gasteiger partial charge in [0.05, 0.1) is 24.2 Å². The predicted molar refractivity (Wildman–Crippen MR) is 72.9 cm³/mol. The Hall–Kier alpha value is 0.0549. The second-order valence-corrected chi connectivity index (χ2v) is 4.45. The van der Waals surface area contributed by atoms with Crippen molar-refractivity contribution in [1.29, 1.82) is 0 Å². The molecule has 5 N–H and O–H groups in total. The Balaban J connectivity index is 3.64. The highest BCUT2D eigenvalue weighted by atomic mass is 32.1. The molecule has 0 aromatic heterocycles. The molecule has 0 atom stereocenters. The standard InChI is InChI=1S/C7H8N4S2.2Al/c1-9-6-2-4(8)5(10-12)3-7(6)11-13;;/h9,11,13H,8H2,1H3;;/p+2. The number of hydrogen-bond acceptors (Lipinski definition) is 4. The van der Waals surface area contributed by atoms with E-state index in [0.717, 1.165) is 25.9 Å². The molecule has 0 amide bonds. The quantitative estimate of drug-likeness (QED) is 0.263. The van der Waals surface area contributed by atoms with Crippen LogP contribution in [0.4, 0.5) is 22.7 Å². The van der Waals surface area contributed by atoms with Gasteiger partial charge in [0.1, 0.15) is 0 Å². The maximum Gasteiger partial charge on any atom is 0.268 e. The van der Waals surface area contributed by atoms with Crippen LogP contribution in [0.1, 0.15) is 0 Å². The molecule has 0 saturated carbocycles. The number of benzene rings is 1. The van der Waals surface area contributed by atoms with E-state index in [-0.39, 0.29) is 0 Å². The largest absolute Gasteiger partial charge is 0.394 e. The average Bonchev–Trinajstić information content (AvgIpc) is 2.23. The van der Waals surface area contributed by atoms with E-state index in [2.05, 4.69) is 59.8 Å². The second kappa shape index (κ2) is 5.40. The van der Waals surface area contributed by atoms with Crippen molar-refractivity contribution in [2.75, 3.05) is 22.8 Å². The highest BCUT2D eigenvalue weighted by Crippen LogP contribution is 2.22. The average molecular weight is 268 g/mol. The summed E-state index contributed by atoms with van der Waals surface area (Å²) >= 11 is 13.3. The molecule has 0 bridgehead atoms. The van der Waals surface area contributed by atoms with Crippen LogP contribution in [0, 0.1) is 0 Å². The van der Waals surface area contributed by atoms with Crippen LogP contribution in [0.25, 0.3) is 0 Å². The first-order chi connectivity index (χ1) is 7.08. The van der Waals surface area contributed by atoms with Crippen LogP contribution in [0.2, 0.25) is 0 Å². The molecule has 1 rings (SSSR count). The third-order valence-electron chi connectivity index (χ3n) is 2.09. The highest BCUT2D eigenvalue weighted by Gasteiger charge is 2.18. The Bertz CT molecular complexity index is 411. The summed E-state index contributed by atoms with van der Waals surface area (Å²) in [6.45, 7) is 0. The number of rotatable bonds is 3. The van der Waals surface area contributed by atoms with Crippen molar-refractivity contribution in [1.82, 2.24) is 0 Å². The van der Waals surface area contributed by atoms with Crippen molar-refractivity contribution in [3.8, 4) is 0 Å². The van der Waals surface area contributed by atoms with Crippen molar-refractivity contribution < 1.29 is 4.36 Å². The van der Waals surface area contributed by atoms with E-state index in [1.54, 1.807) is 0 Å². The molecule has 0 aliphatic rings. The first-order valence-electron chi connectivity index (χ1n) is 4.07. The van der Waals surface area contributed by atoms with Gasteiger partial charge < -0.3 is 11.1 Å². The summed E-state index contributed by atoms with van der Waals surface area (Å²) in [4.78, 5) is 0. The number of nitrogens with two attached hydrogens (primary N) is 1. The van der Waals surface area contributed by atoms with Crippen LogP contribution in [0.15, 0.2) is 0 Å². The van der Waals surface area contributed by atoms with E-state index in [0.29, 0.717) is 5.69 Å². The van der Waals surface area contributed by atoms with E-state index >= 15 is 0 Å². The molecule has 15 heavy (non-hydrogen) atoms. The van der Waals surface area contributed by atoms with Gasteiger partial charge in [0.2, 0.25) is 5.69 Å². The molecule has 0 aliphatic carbocycles. The van der Waals surface area contributed by atoms with Crippen molar-refractivity contribution in [3.05, 3.63) is 0 Å². The fourth-order valence-corrected chi connectivity index (χ4v) is 2.91. The molecule has 0 spiro atoms. The number of nitrogen functional groups attached to an aromatic ring is 1. The third kappa shape index (κ3) is 2.26. The summed E-state index contributed by atoms with van der Waals surface area (Å²) in [5, 5.41) is 3.08. The molecule has 0 aliphatic heterocycles. The van der Waals surface area contributed by atoms with Gasteiger partial charge in [-0.15, -0.1) is 4.36 Å². The minimum absolute atomic E-state index is 0.620. The van der Waals surface area contributed by atoms with Gasteiger partial charge in [-0.05, 0) is 4.43 Å². The maximum absolute atomic E-state index is 5.95. The molecule has 1 aromatic rings. The summed E-state index contributed by atoms with van der Waals surface area (Å²) in [6.07, 6.45) is 0. The van der Waals surface area contributed by atoms with Crippen molar-refractivity contribution in [3.63, 3.8) is 0 Å². The smallest absolute Gasteiger partial charge is 0.268 e. The summed E-state index contributed by atoms with van der Waals surface area (Å²) in [7, 11) is 1.83. The molecule has 0 fully saturated rings. The predicted octanol–water partition coefficient (Wildman–Crippen LogP) is -3.32. The van der Waals surface area contributed by atoms with Crippen LogP contribution < -0.4 is 29.0 Å². The van der Waals surface area contributed by atoms with E-state index in [1.807, 2.05) is 7.05 Å². The summed E-state index contributed by atoms with van der Waals surface area (Å²) in [5.74, 6) is 0. The maximum atomic E-state index is 5.95. The Morgan fingerprint density at radius 2 is 1.93 bits per heavy atom. The SMILES string of the molecule is CNc1[c]([Al])c(N)c([NH+]=S)[c]([Al])c1N[SH2+]. The Morgan fingerprint density at radius 3 is 2.33 bits per heavy atom. The van der Waals surface area contributed by atoms with Crippen molar-refractivity contribution in [2.45, 2.75) is 0 Å². The Morgan fingerprint density at radius 1 is 1.33 bits per heavy atom. The number of anilines is 3. The molecule has 74 valence electrons. The summed E-state index contributed by atoms with van der Waals surface area (Å²) in [5.41, 5.74) is 9.08. The number of nitrogens with one attached hydrogen (secondary N) is 3. The number of hydrogen-bond donors (Lipinski definition) is 4. The lowest BCUT2D eigenvalue weighted by atomic mass is 10.2. The van der Waals surface area contributed by atoms with Crippen molar-refractivity contribution >= 4 is 89.4 Å². The lowest BCUT2D eigenvalue weighted by molar-refractivity contribution is -0.312. The second-order valence-electron chi connectivity index (χ2n) is 2.84. The molecule has 0 heterocycles. The zero-order valence-corrected chi connectivity index (χ0v) is 12.3. The first-order valence-corrected chi connectivity index (χ1v) is 6.13. The van der Waals surface area contributed by atoms with Crippen LogP contribution in [-0.4, -0.2) is 39.6 Å². The lowest BCUT2D eigenvalue weighted by Crippen LogP contribution is -2.60. The fraction of sp³-hybridized carbons (Fsp3) is 0.143. The van der Waals surface area contributed by atoms with Crippen LogP contribution in [0.3, 0.4) is 0 Å². The van der Waals surface area contributed by atoms with E-state index in [9.17, 15) is 0 Å². The first kappa shape index (κ1) is 13.1. The molecule has 4 radical (unpaired) electrons. The van der Waals surface area contributed by atoms with Crippen LogP contribution in [-0.2, 0) is 25.2 Å². The topological polar surface area (TPSA) is 64.0 Å². The van der Waals surface area contributed by atoms with E-state index < -0.39 is 0 Å². The van der Waals surface area contributed by atoms with Gasteiger partial charge in [0.15, 0.2) is 32.6 Å². The molecular weight excluding hydrogens is 258 g/mol. The minimum Gasteiger partial charge on any atom is -0.394 e. The van der Waals surface area contributed by atoms with Gasteiger partial charge in [0, 0.05) is 12.7 Å². The minimum atomic E-state index is 0.620. The molecule has 4 nitrogen and oxygen atoms in total. The molecule has 0 unspecified atom stereocenters. The highest BCUT2D eigenvalue weighted by molar-refractivity contribution is 7.60. The van der Waals surface area contributed by atoms with Crippen molar-refractivity contribution in [2.24, 2.45) is 0 Å². The van der Waals surface area contributed by atoms with Gasteiger partial charge in [0.25, 0.3) is 12.4 Å². The van der Waals surface area contributed by atoms with Gasteiger partial charge >= 0.3 is 0 Å². The van der Waals surface area contributed by atoms with Crippen LogP contribution in [0.5, 0.6) is 0 Å². The van der Waals surface area contributed by atoms with Gasteiger partial charge in [-0.25, -0.2) is 4.72 Å². The fourth-order valence-electron chi connectivity index (χ4n) is 1.31. The lowest BCUT2D eigenvalue weighted by Gasteiger charge is -2.16. The monoisotopic (exact) mass is 268 g/mol. The molecular formula is C7H10Al2N4S2+2. The molecule has 0 saturated heterocycles. The normalized spacial score (nSPS) is 9.73.